The number of thiocarbonyl (C=S) groups is 1. The van der Waals surface area contributed by atoms with Gasteiger partial charge in [-0.25, -0.2) is 9.78 Å². The van der Waals surface area contributed by atoms with Crippen LogP contribution in [0.5, 0.6) is 0 Å². The normalized spacial score (nSPS) is 17.5. The summed E-state index contributed by atoms with van der Waals surface area (Å²) in [6, 6.07) is 8.87. The molecule has 2 amide bonds. The van der Waals surface area contributed by atoms with Crippen LogP contribution < -0.4 is 5.48 Å². The van der Waals surface area contributed by atoms with Gasteiger partial charge in [0.15, 0.2) is 5.82 Å². The fourth-order valence-electron chi connectivity index (χ4n) is 3.14. The number of carbonyl (C=O) groups is 4. The molecule has 2 aliphatic heterocycles. The molecular formula is C19H15N5O6S2. The third-order valence-electron chi connectivity index (χ3n) is 4.58. The maximum atomic E-state index is 12.9. The third kappa shape index (κ3) is 4.24. The number of H-pyrrole nitrogens is 1. The first kappa shape index (κ1) is 21.6. The quantitative estimate of drug-likeness (QED) is 0.302. The second-order valence-corrected chi connectivity index (χ2v) is 8.29. The number of β-lactam (4-membered cyclic amide) rings is 1. The van der Waals surface area contributed by atoms with Crippen molar-refractivity contribution in [3.05, 3.63) is 53.2 Å². The maximum absolute atomic E-state index is 12.9. The van der Waals surface area contributed by atoms with Crippen molar-refractivity contribution in [3.63, 3.8) is 0 Å². The highest BCUT2D eigenvalue weighted by atomic mass is 32.2. The summed E-state index contributed by atoms with van der Waals surface area (Å²) in [6.07, 6.45) is -0.400. The minimum Gasteiger partial charge on any atom is -0.481 e. The van der Waals surface area contributed by atoms with Crippen LogP contribution in [0.2, 0.25) is 0 Å². The first-order chi connectivity index (χ1) is 15.3. The van der Waals surface area contributed by atoms with Crippen molar-refractivity contribution in [3.8, 4) is 0 Å². The number of fused-ring (bicyclic) bond motifs is 1. The van der Waals surface area contributed by atoms with E-state index in [4.69, 9.17) is 22.2 Å². The summed E-state index contributed by atoms with van der Waals surface area (Å²) in [5, 5.41) is 14.9. The highest BCUT2D eigenvalue weighted by molar-refractivity contribution is 8.02. The summed E-state index contributed by atoms with van der Waals surface area (Å²) in [5.74, 6) is -2.81. The number of thioether (sulfide) groups is 1. The maximum Gasteiger partial charge on any atom is 0.379 e. The Labute approximate surface area is 190 Å². The number of hydrogen-bond acceptors (Lipinski definition) is 9. The van der Waals surface area contributed by atoms with Crippen molar-refractivity contribution >= 4 is 58.2 Å². The highest BCUT2D eigenvalue weighted by Gasteiger charge is 2.51. The molecule has 13 heteroatoms. The number of rotatable bonds is 6. The van der Waals surface area contributed by atoms with E-state index in [0.29, 0.717) is 0 Å². The fraction of sp³-hybridized carbons (Fsp3) is 0.211. The summed E-state index contributed by atoms with van der Waals surface area (Å²) in [7, 11) is 0. The second-order valence-electron chi connectivity index (χ2n) is 6.78. The zero-order chi connectivity index (χ0) is 22.8. The largest absolute Gasteiger partial charge is 0.481 e. The van der Waals surface area contributed by atoms with Crippen molar-refractivity contribution in [1.82, 2.24) is 25.6 Å². The predicted molar refractivity (Wildman–Crippen MR) is 115 cm³/mol. The number of benzene rings is 1. The molecule has 4 rings (SSSR count). The van der Waals surface area contributed by atoms with Crippen LogP contribution in [0.1, 0.15) is 17.2 Å². The third-order valence-corrected chi connectivity index (χ3v) is 6.34. The molecule has 164 valence electrons. The Morgan fingerprint density at radius 2 is 2.03 bits per heavy atom. The SMILES string of the molecule is O=C(O)Cc1nc(C2=C(C(=O)ONC(=O)Cc3ccccc3)N3C(=O)C(=S)[C@@H]3SC2)n[nH]1. The summed E-state index contributed by atoms with van der Waals surface area (Å²) in [6.45, 7) is 0. The molecule has 11 nitrogen and oxygen atoms in total. The molecule has 0 bridgehead atoms. The van der Waals surface area contributed by atoms with E-state index in [1.165, 1.54) is 16.7 Å². The molecule has 1 atom stereocenters. The van der Waals surface area contributed by atoms with E-state index in [2.05, 4.69) is 20.7 Å². The number of amides is 2. The molecular weight excluding hydrogens is 458 g/mol. The Morgan fingerprint density at radius 3 is 2.75 bits per heavy atom. The van der Waals surface area contributed by atoms with E-state index in [1.807, 2.05) is 6.07 Å². The van der Waals surface area contributed by atoms with Gasteiger partial charge in [-0.05, 0) is 5.56 Å². The summed E-state index contributed by atoms with van der Waals surface area (Å²) in [5.41, 5.74) is 2.93. The molecule has 1 fully saturated rings. The van der Waals surface area contributed by atoms with Crippen molar-refractivity contribution in [1.29, 1.82) is 0 Å². The van der Waals surface area contributed by atoms with Crippen LogP contribution >= 0.6 is 24.0 Å². The van der Waals surface area contributed by atoms with Crippen LogP contribution in [0, 0.1) is 0 Å². The number of hydrogen-bond donors (Lipinski definition) is 3. The van der Waals surface area contributed by atoms with Gasteiger partial charge in [0.05, 0.1) is 6.42 Å². The molecule has 1 saturated heterocycles. The van der Waals surface area contributed by atoms with Gasteiger partial charge in [-0.15, -0.1) is 11.8 Å². The Hall–Kier alpha value is -3.58. The second kappa shape index (κ2) is 8.88. The number of aliphatic carboxylic acids is 1. The number of aromatic nitrogens is 3. The van der Waals surface area contributed by atoms with Gasteiger partial charge in [0.25, 0.3) is 11.8 Å². The van der Waals surface area contributed by atoms with Crippen LogP contribution in [0.15, 0.2) is 36.0 Å². The highest BCUT2D eigenvalue weighted by Crippen LogP contribution is 2.41. The van der Waals surface area contributed by atoms with Crippen LogP contribution in [-0.4, -0.2) is 64.9 Å². The van der Waals surface area contributed by atoms with E-state index in [9.17, 15) is 19.2 Å². The minimum atomic E-state index is -1.11. The molecule has 0 spiro atoms. The number of nitrogens with one attached hydrogen (secondary N) is 2. The lowest BCUT2D eigenvalue weighted by Gasteiger charge is -2.44. The standard InChI is InChI=1S/C19H15N5O6S2/c25-12(6-9-4-2-1-3-5-9)23-30-19(29)14-10(8-32-18-15(31)17(28)24(14)18)16-20-11(21-22-16)7-13(26)27/h1-5,18H,6-8H2,(H,23,25)(H,26,27)(H,20,21,22)/t18-/m0/s1. The lowest BCUT2D eigenvalue weighted by atomic mass is 10.1. The molecule has 2 aromatic rings. The van der Waals surface area contributed by atoms with Gasteiger partial charge in [0.1, 0.15) is 28.2 Å². The molecule has 3 N–H and O–H groups in total. The first-order valence-corrected chi connectivity index (χ1v) is 10.7. The van der Waals surface area contributed by atoms with Crippen molar-refractivity contribution in [2.75, 3.05) is 5.75 Å². The molecule has 0 saturated carbocycles. The summed E-state index contributed by atoms with van der Waals surface area (Å²) >= 11 is 6.37. The fourth-order valence-corrected chi connectivity index (χ4v) is 4.74. The van der Waals surface area contributed by atoms with E-state index < -0.39 is 35.5 Å². The molecule has 2 aliphatic rings. The van der Waals surface area contributed by atoms with Gasteiger partial charge in [0.2, 0.25) is 0 Å². The summed E-state index contributed by atoms with van der Waals surface area (Å²) in [4.78, 5) is 58.7. The number of nitrogens with zero attached hydrogens (tertiary/aromatic N) is 3. The van der Waals surface area contributed by atoms with E-state index in [-0.39, 0.29) is 40.0 Å². The average molecular weight is 473 g/mol. The molecule has 0 radical (unpaired) electrons. The zero-order valence-corrected chi connectivity index (χ0v) is 17.9. The summed E-state index contributed by atoms with van der Waals surface area (Å²) < 4.78 is 0. The molecule has 1 aromatic heterocycles. The predicted octanol–water partition coefficient (Wildman–Crippen LogP) is 0.245. The molecule has 1 aromatic carbocycles. The number of aromatic amines is 1. The van der Waals surface area contributed by atoms with Crippen molar-refractivity contribution in [2.45, 2.75) is 18.2 Å². The van der Waals surface area contributed by atoms with Gasteiger partial charge < -0.3 is 9.94 Å². The van der Waals surface area contributed by atoms with Gasteiger partial charge >= 0.3 is 11.9 Å². The monoisotopic (exact) mass is 473 g/mol. The number of carboxylic acids is 1. The van der Waals surface area contributed by atoms with Gasteiger partial charge in [-0.1, -0.05) is 42.5 Å². The minimum absolute atomic E-state index is 0.00922. The van der Waals surface area contributed by atoms with Crippen LogP contribution in [-0.2, 0) is 36.9 Å². The Bertz CT molecular complexity index is 1160. The average Bonchev–Trinajstić information content (AvgIpc) is 3.24. The lowest BCUT2D eigenvalue weighted by molar-refractivity contribution is -0.156. The lowest BCUT2D eigenvalue weighted by Crippen LogP contribution is -2.61. The van der Waals surface area contributed by atoms with Crippen molar-refractivity contribution in [2.24, 2.45) is 0 Å². The number of carboxylic acid groups (broad SMARTS) is 1. The van der Waals surface area contributed by atoms with Gasteiger partial charge in [0, 0.05) is 11.3 Å². The van der Waals surface area contributed by atoms with Crippen LogP contribution in [0.4, 0.5) is 0 Å². The molecule has 0 aliphatic carbocycles. The van der Waals surface area contributed by atoms with E-state index in [1.54, 1.807) is 24.3 Å². The van der Waals surface area contributed by atoms with Gasteiger partial charge in [-0.3, -0.25) is 24.4 Å². The number of hydroxylamine groups is 1. The molecule has 0 unspecified atom stereocenters. The molecule has 32 heavy (non-hydrogen) atoms. The van der Waals surface area contributed by atoms with Crippen molar-refractivity contribution < 1.29 is 29.1 Å². The topological polar surface area (TPSA) is 155 Å². The van der Waals surface area contributed by atoms with Crippen LogP contribution in [0.3, 0.4) is 0 Å². The van der Waals surface area contributed by atoms with Gasteiger partial charge in [-0.2, -0.15) is 10.6 Å². The smallest absolute Gasteiger partial charge is 0.379 e. The first-order valence-electron chi connectivity index (χ1n) is 9.24. The number of carbonyl (C=O) groups excluding carboxylic acids is 3. The van der Waals surface area contributed by atoms with Crippen LogP contribution in [0.25, 0.3) is 5.57 Å². The Kier molecular flexibility index (Phi) is 6.01. The molecule has 3 heterocycles. The van der Waals surface area contributed by atoms with E-state index in [0.717, 1.165) is 5.56 Å². The Balaban J connectivity index is 1.56. The zero-order valence-electron chi connectivity index (χ0n) is 16.2. The Morgan fingerprint density at radius 1 is 1.28 bits per heavy atom. The van der Waals surface area contributed by atoms with E-state index >= 15 is 0 Å².